The molecule has 0 bridgehead atoms. The molecule has 2 N–H and O–H groups in total. The largest absolute Gasteiger partial charge is 0.342 e. The lowest BCUT2D eigenvalue weighted by atomic mass is 9.74. The molecular formula is C13H24N2O. The number of hydrogen-bond acceptors (Lipinski definition) is 2. The van der Waals surface area contributed by atoms with Crippen LogP contribution in [0, 0.1) is 17.3 Å². The van der Waals surface area contributed by atoms with Gasteiger partial charge in [0.1, 0.15) is 0 Å². The van der Waals surface area contributed by atoms with Gasteiger partial charge in [-0.1, -0.05) is 13.8 Å². The number of carbonyl (C=O) groups excluding carboxylic acids is 1. The van der Waals surface area contributed by atoms with Crippen LogP contribution in [-0.2, 0) is 4.79 Å². The summed E-state index contributed by atoms with van der Waals surface area (Å²) in [5.74, 6) is 1.46. The SMILES string of the molecule is CC(C)(CN)C1CCN(C(=O)C2CC2)CC1. The van der Waals surface area contributed by atoms with Gasteiger partial charge in [0.2, 0.25) is 5.91 Å². The van der Waals surface area contributed by atoms with E-state index in [1.54, 1.807) is 0 Å². The highest BCUT2D eigenvalue weighted by Crippen LogP contribution is 2.36. The molecule has 16 heavy (non-hydrogen) atoms. The first-order chi connectivity index (χ1) is 7.54. The summed E-state index contributed by atoms with van der Waals surface area (Å²) >= 11 is 0. The monoisotopic (exact) mass is 224 g/mol. The van der Waals surface area contributed by atoms with E-state index in [9.17, 15) is 4.79 Å². The number of likely N-dealkylation sites (tertiary alicyclic amines) is 1. The summed E-state index contributed by atoms with van der Waals surface area (Å²) in [6.07, 6.45) is 4.49. The van der Waals surface area contributed by atoms with Crippen molar-refractivity contribution in [3.63, 3.8) is 0 Å². The van der Waals surface area contributed by atoms with Crippen molar-refractivity contribution in [1.29, 1.82) is 0 Å². The Morgan fingerprint density at radius 2 is 1.81 bits per heavy atom. The van der Waals surface area contributed by atoms with Gasteiger partial charge in [0, 0.05) is 19.0 Å². The first-order valence-electron chi connectivity index (χ1n) is 6.53. The van der Waals surface area contributed by atoms with E-state index in [4.69, 9.17) is 5.73 Å². The number of piperidine rings is 1. The minimum absolute atomic E-state index is 0.231. The molecule has 3 heteroatoms. The number of hydrogen-bond donors (Lipinski definition) is 1. The van der Waals surface area contributed by atoms with E-state index < -0.39 is 0 Å². The molecule has 0 aromatic rings. The topological polar surface area (TPSA) is 46.3 Å². The van der Waals surface area contributed by atoms with Gasteiger partial charge >= 0.3 is 0 Å². The Bertz CT molecular complexity index is 263. The number of nitrogens with two attached hydrogens (primary N) is 1. The van der Waals surface area contributed by atoms with Crippen LogP contribution < -0.4 is 5.73 Å². The van der Waals surface area contributed by atoms with Crippen LogP contribution in [0.5, 0.6) is 0 Å². The van der Waals surface area contributed by atoms with E-state index in [1.807, 2.05) is 0 Å². The Morgan fingerprint density at radius 3 is 2.25 bits per heavy atom. The fourth-order valence-corrected chi connectivity index (χ4v) is 2.64. The van der Waals surface area contributed by atoms with Crippen molar-refractivity contribution in [3.05, 3.63) is 0 Å². The fourth-order valence-electron chi connectivity index (χ4n) is 2.64. The van der Waals surface area contributed by atoms with Crippen LogP contribution in [0.25, 0.3) is 0 Å². The Morgan fingerprint density at radius 1 is 1.25 bits per heavy atom. The summed E-state index contributed by atoms with van der Waals surface area (Å²) < 4.78 is 0. The van der Waals surface area contributed by atoms with Gasteiger partial charge in [0.25, 0.3) is 0 Å². The summed E-state index contributed by atoms with van der Waals surface area (Å²) in [5.41, 5.74) is 6.04. The summed E-state index contributed by atoms with van der Waals surface area (Å²) in [5, 5.41) is 0. The van der Waals surface area contributed by atoms with E-state index in [0.717, 1.165) is 45.3 Å². The minimum atomic E-state index is 0.231. The van der Waals surface area contributed by atoms with E-state index in [-0.39, 0.29) is 5.41 Å². The van der Waals surface area contributed by atoms with Gasteiger partial charge in [-0.15, -0.1) is 0 Å². The molecule has 1 saturated heterocycles. The lowest BCUT2D eigenvalue weighted by Gasteiger charge is -2.40. The summed E-state index contributed by atoms with van der Waals surface area (Å²) in [6.45, 7) is 7.13. The molecule has 1 saturated carbocycles. The Kier molecular flexibility index (Phi) is 3.24. The van der Waals surface area contributed by atoms with Crippen molar-refractivity contribution in [2.24, 2.45) is 23.0 Å². The second-order valence-corrected chi connectivity index (χ2v) is 6.07. The molecule has 0 radical (unpaired) electrons. The molecule has 0 atom stereocenters. The minimum Gasteiger partial charge on any atom is -0.342 e. The van der Waals surface area contributed by atoms with Crippen LogP contribution in [0.4, 0.5) is 0 Å². The first-order valence-corrected chi connectivity index (χ1v) is 6.53. The molecule has 1 heterocycles. The Balaban J connectivity index is 1.84. The second-order valence-electron chi connectivity index (χ2n) is 6.07. The summed E-state index contributed by atoms with van der Waals surface area (Å²) in [7, 11) is 0. The maximum absolute atomic E-state index is 11.9. The average Bonchev–Trinajstić information content (AvgIpc) is 3.12. The van der Waals surface area contributed by atoms with Crippen LogP contribution in [0.3, 0.4) is 0 Å². The molecule has 0 aromatic heterocycles. The van der Waals surface area contributed by atoms with Crippen molar-refractivity contribution in [2.45, 2.75) is 39.5 Å². The predicted octanol–water partition coefficient (Wildman–Crippen LogP) is 1.62. The lowest BCUT2D eigenvalue weighted by Crippen LogP contribution is -2.44. The molecule has 2 aliphatic rings. The number of rotatable bonds is 3. The van der Waals surface area contributed by atoms with Crippen LogP contribution in [0.15, 0.2) is 0 Å². The van der Waals surface area contributed by atoms with Gasteiger partial charge in [0.05, 0.1) is 0 Å². The van der Waals surface area contributed by atoms with Crippen molar-refractivity contribution < 1.29 is 4.79 Å². The molecule has 0 unspecified atom stereocenters. The molecule has 3 nitrogen and oxygen atoms in total. The smallest absolute Gasteiger partial charge is 0.225 e. The van der Waals surface area contributed by atoms with Crippen molar-refractivity contribution in [1.82, 2.24) is 4.90 Å². The van der Waals surface area contributed by atoms with Gasteiger partial charge in [0.15, 0.2) is 0 Å². The van der Waals surface area contributed by atoms with Crippen LogP contribution in [0.1, 0.15) is 39.5 Å². The predicted molar refractivity (Wildman–Crippen MR) is 64.9 cm³/mol. The third-order valence-electron chi connectivity index (χ3n) is 4.36. The van der Waals surface area contributed by atoms with E-state index in [1.165, 1.54) is 0 Å². The Labute approximate surface area is 98.4 Å². The van der Waals surface area contributed by atoms with E-state index in [0.29, 0.717) is 17.7 Å². The molecule has 1 amide bonds. The first kappa shape index (κ1) is 11.9. The van der Waals surface area contributed by atoms with Gasteiger partial charge in [-0.25, -0.2) is 0 Å². The molecule has 2 fully saturated rings. The highest BCUT2D eigenvalue weighted by Gasteiger charge is 2.37. The number of carbonyl (C=O) groups is 1. The zero-order valence-electron chi connectivity index (χ0n) is 10.5. The van der Waals surface area contributed by atoms with Crippen molar-refractivity contribution >= 4 is 5.91 Å². The Hall–Kier alpha value is -0.570. The summed E-state index contributed by atoms with van der Waals surface area (Å²) in [4.78, 5) is 14.0. The van der Waals surface area contributed by atoms with Gasteiger partial charge in [-0.2, -0.15) is 0 Å². The standard InChI is InChI=1S/C13H24N2O/c1-13(2,9-14)11-5-7-15(8-6-11)12(16)10-3-4-10/h10-11H,3-9,14H2,1-2H3. The second kappa shape index (κ2) is 4.36. The molecule has 92 valence electrons. The van der Waals surface area contributed by atoms with Crippen molar-refractivity contribution in [2.75, 3.05) is 19.6 Å². The zero-order valence-corrected chi connectivity index (χ0v) is 10.5. The number of amides is 1. The average molecular weight is 224 g/mol. The third kappa shape index (κ3) is 2.40. The van der Waals surface area contributed by atoms with Gasteiger partial charge < -0.3 is 10.6 Å². The maximum Gasteiger partial charge on any atom is 0.225 e. The lowest BCUT2D eigenvalue weighted by molar-refractivity contribution is -0.134. The quantitative estimate of drug-likeness (QED) is 0.792. The van der Waals surface area contributed by atoms with Crippen molar-refractivity contribution in [3.8, 4) is 0 Å². The molecule has 1 aliphatic heterocycles. The highest BCUT2D eigenvalue weighted by molar-refractivity contribution is 5.81. The van der Waals surface area contributed by atoms with Crippen LogP contribution >= 0.6 is 0 Å². The van der Waals surface area contributed by atoms with E-state index >= 15 is 0 Å². The fraction of sp³-hybridized carbons (Fsp3) is 0.923. The van der Waals surface area contributed by atoms with Crippen LogP contribution in [-0.4, -0.2) is 30.4 Å². The highest BCUT2D eigenvalue weighted by atomic mass is 16.2. The normalized spacial score (nSPS) is 23.6. The third-order valence-corrected chi connectivity index (χ3v) is 4.36. The summed E-state index contributed by atoms with van der Waals surface area (Å²) in [6, 6.07) is 0. The molecule has 1 aliphatic carbocycles. The van der Waals surface area contributed by atoms with Gasteiger partial charge in [-0.05, 0) is 43.6 Å². The maximum atomic E-state index is 11.9. The molecule has 0 aromatic carbocycles. The molecular weight excluding hydrogens is 200 g/mol. The molecule has 0 spiro atoms. The zero-order chi connectivity index (χ0) is 11.8. The molecule has 2 rings (SSSR count). The number of nitrogens with zero attached hydrogens (tertiary/aromatic N) is 1. The van der Waals surface area contributed by atoms with Crippen LogP contribution in [0.2, 0.25) is 0 Å². The van der Waals surface area contributed by atoms with E-state index in [2.05, 4.69) is 18.7 Å². The van der Waals surface area contributed by atoms with Gasteiger partial charge in [-0.3, -0.25) is 4.79 Å².